The summed E-state index contributed by atoms with van der Waals surface area (Å²) in [5.41, 5.74) is 0. The lowest BCUT2D eigenvalue weighted by molar-refractivity contribution is -0.143. The molecule has 0 bridgehead atoms. The van der Waals surface area contributed by atoms with Gasteiger partial charge in [0.25, 0.3) is 0 Å². The van der Waals surface area contributed by atoms with Crippen LogP contribution in [0.15, 0.2) is 12.7 Å². The number of halogens is 1. The van der Waals surface area contributed by atoms with Crippen LogP contribution in [0.5, 0.6) is 0 Å². The van der Waals surface area contributed by atoms with Gasteiger partial charge in [0.15, 0.2) is 0 Å². The number of hydrogen-bond acceptors (Lipinski definition) is 4. The van der Waals surface area contributed by atoms with Crippen LogP contribution in [0.2, 0.25) is 0 Å². The molecule has 0 aromatic carbocycles. The third kappa shape index (κ3) is 4.74. The third-order valence-electron chi connectivity index (χ3n) is 1.03. The van der Waals surface area contributed by atoms with Crippen LogP contribution in [0, 0.1) is 0 Å². The Morgan fingerprint density at radius 1 is 1.73 bits per heavy atom. The molecule has 0 aliphatic carbocycles. The molecule has 0 heterocycles. The molecule has 0 saturated heterocycles. The van der Waals surface area contributed by atoms with Gasteiger partial charge in [-0.15, -0.1) is 19.0 Å². The summed E-state index contributed by atoms with van der Waals surface area (Å²) in [5.74, 6) is 8.96. The van der Waals surface area contributed by atoms with Crippen molar-refractivity contribution in [1.29, 1.82) is 0 Å². The zero-order valence-electron chi connectivity index (χ0n) is 5.93. The van der Waals surface area contributed by atoms with Crippen LogP contribution in [0.25, 0.3) is 0 Å². The van der Waals surface area contributed by atoms with Crippen molar-refractivity contribution >= 4 is 18.4 Å². The van der Waals surface area contributed by atoms with Crippen molar-refractivity contribution in [2.75, 3.05) is 0 Å². The average molecular weight is 182 g/mol. The SMILES string of the molecule is C=CCC(C(=O)O)N(N)N.Cl. The lowest BCUT2D eigenvalue weighted by atomic mass is 10.2. The molecule has 0 saturated carbocycles. The van der Waals surface area contributed by atoms with E-state index in [1.54, 1.807) is 0 Å². The number of rotatable bonds is 4. The van der Waals surface area contributed by atoms with E-state index in [1.807, 2.05) is 0 Å². The lowest BCUT2D eigenvalue weighted by Crippen LogP contribution is -2.50. The Bertz CT molecular complexity index is 140. The van der Waals surface area contributed by atoms with Gasteiger partial charge in [0, 0.05) is 0 Å². The number of nitrogens with two attached hydrogens (primary N) is 2. The number of nitrogens with zero attached hydrogens (tertiary/aromatic N) is 1. The Morgan fingerprint density at radius 3 is 2.27 bits per heavy atom. The average Bonchev–Trinajstić information content (AvgIpc) is 1.81. The second-order valence-electron chi connectivity index (χ2n) is 1.83. The summed E-state index contributed by atoms with van der Waals surface area (Å²) in [6.07, 6.45) is 1.69. The molecular formula is C5H12ClN3O2. The number of carboxylic acid groups (broad SMARTS) is 1. The minimum atomic E-state index is -1.05. The van der Waals surface area contributed by atoms with Gasteiger partial charge in [0.05, 0.1) is 0 Å². The van der Waals surface area contributed by atoms with E-state index in [9.17, 15) is 4.79 Å². The fraction of sp³-hybridized carbons (Fsp3) is 0.400. The molecule has 0 amide bonds. The fourth-order valence-electron chi connectivity index (χ4n) is 0.508. The van der Waals surface area contributed by atoms with Crippen molar-refractivity contribution in [2.45, 2.75) is 12.5 Å². The number of carboxylic acids is 1. The van der Waals surface area contributed by atoms with Crippen LogP contribution in [0.4, 0.5) is 0 Å². The van der Waals surface area contributed by atoms with Crippen molar-refractivity contribution in [1.82, 2.24) is 5.12 Å². The largest absolute Gasteiger partial charge is 0.480 e. The highest BCUT2D eigenvalue weighted by atomic mass is 35.5. The predicted molar refractivity (Wildman–Crippen MR) is 43.7 cm³/mol. The zero-order valence-corrected chi connectivity index (χ0v) is 6.75. The Kier molecular flexibility index (Phi) is 7.23. The number of hydrazine groups is 2. The standard InChI is InChI=1S/C5H11N3O2.ClH/c1-2-3-4(5(9)10)8(6)7;/h2,4H,1,3,6-7H2,(H,9,10);1H. The van der Waals surface area contributed by atoms with Gasteiger partial charge in [0.2, 0.25) is 0 Å². The van der Waals surface area contributed by atoms with Crippen molar-refractivity contribution < 1.29 is 9.90 Å². The molecule has 0 rings (SSSR count). The van der Waals surface area contributed by atoms with Gasteiger partial charge < -0.3 is 5.11 Å². The monoisotopic (exact) mass is 181 g/mol. The summed E-state index contributed by atoms with van der Waals surface area (Å²) >= 11 is 0. The molecule has 0 aromatic heterocycles. The molecule has 0 spiro atoms. The second-order valence-corrected chi connectivity index (χ2v) is 1.83. The highest BCUT2D eigenvalue weighted by molar-refractivity contribution is 5.85. The van der Waals surface area contributed by atoms with Crippen molar-refractivity contribution in [2.24, 2.45) is 11.7 Å². The summed E-state index contributed by atoms with van der Waals surface area (Å²) in [7, 11) is 0. The van der Waals surface area contributed by atoms with Crippen molar-refractivity contribution in [3.8, 4) is 0 Å². The number of aliphatic carboxylic acids is 1. The van der Waals surface area contributed by atoms with E-state index in [0.29, 0.717) is 5.12 Å². The molecule has 5 N–H and O–H groups in total. The maximum atomic E-state index is 10.3. The Balaban J connectivity index is 0. The predicted octanol–water partition coefficient (Wildman–Crippen LogP) is -0.513. The van der Waals surface area contributed by atoms with Gasteiger partial charge in [-0.1, -0.05) is 6.08 Å². The molecule has 0 fully saturated rings. The highest BCUT2D eigenvalue weighted by Crippen LogP contribution is 1.95. The quantitative estimate of drug-likeness (QED) is 0.309. The summed E-state index contributed by atoms with van der Waals surface area (Å²) in [6.45, 7) is 3.36. The first kappa shape index (κ1) is 13.0. The molecule has 1 atom stereocenters. The molecule has 0 aliphatic heterocycles. The first-order valence-electron chi connectivity index (χ1n) is 2.72. The minimum absolute atomic E-state index is 0. The molecule has 0 aliphatic rings. The van der Waals surface area contributed by atoms with Crippen LogP contribution in [0.1, 0.15) is 6.42 Å². The molecule has 0 radical (unpaired) electrons. The summed E-state index contributed by atoms with van der Waals surface area (Å²) in [6, 6.07) is -0.877. The maximum Gasteiger partial charge on any atom is 0.324 e. The first-order chi connectivity index (χ1) is 4.59. The molecule has 66 valence electrons. The van der Waals surface area contributed by atoms with E-state index < -0.39 is 12.0 Å². The number of carbonyl (C=O) groups is 1. The van der Waals surface area contributed by atoms with E-state index >= 15 is 0 Å². The highest BCUT2D eigenvalue weighted by Gasteiger charge is 2.18. The molecule has 6 heteroatoms. The van der Waals surface area contributed by atoms with E-state index in [1.165, 1.54) is 6.08 Å². The smallest absolute Gasteiger partial charge is 0.324 e. The first-order valence-corrected chi connectivity index (χ1v) is 2.72. The summed E-state index contributed by atoms with van der Waals surface area (Å²) in [4.78, 5) is 10.3. The van der Waals surface area contributed by atoms with Crippen LogP contribution < -0.4 is 11.7 Å². The second kappa shape index (κ2) is 6.11. The van der Waals surface area contributed by atoms with Gasteiger partial charge in [-0.25, -0.2) is 0 Å². The van der Waals surface area contributed by atoms with Crippen molar-refractivity contribution in [3.05, 3.63) is 12.7 Å². The topological polar surface area (TPSA) is 92.6 Å². The Hall–Kier alpha value is -0.620. The molecule has 5 nitrogen and oxygen atoms in total. The number of hydrogen-bond donors (Lipinski definition) is 3. The van der Waals surface area contributed by atoms with Gasteiger partial charge in [-0.2, -0.15) is 5.12 Å². The van der Waals surface area contributed by atoms with Crippen LogP contribution in [-0.4, -0.2) is 22.2 Å². The van der Waals surface area contributed by atoms with E-state index in [-0.39, 0.29) is 18.8 Å². The summed E-state index contributed by atoms with van der Waals surface area (Å²) < 4.78 is 0. The molecule has 11 heavy (non-hydrogen) atoms. The normalized spacial score (nSPS) is 11.9. The van der Waals surface area contributed by atoms with E-state index in [4.69, 9.17) is 16.8 Å². The lowest BCUT2D eigenvalue weighted by Gasteiger charge is -2.16. The fourth-order valence-corrected chi connectivity index (χ4v) is 0.508. The van der Waals surface area contributed by atoms with Crippen LogP contribution in [-0.2, 0) is 4.79 Å². The van der Waals surface area contributed by atoms with Crippen LogP contribution >= 0.6 is 12.4 Å². The van der Waals surface area contributed by atoms with E-state index in [0.717, 1.165) is 0 Å². The maximum absolute atomic E-state index is 10.3. The Morgan fingerprint density at radius 2 is 2.18 bits per heavy atom. The van der Waals surface area contributed by atoms with Gasteiger partial charge >= 0.3 is 5.97 Å². The zero-order chi connectivity index (χ0) is 8.15. The van der Waals surface area contributed by atoms with Gasteiger partial charge in [0.1, 0.15) is 6.04 Å². The Labute approximate surface area is 71.0 Å². The van der Waals surface area contributed by atoms with E-state index in [2.05, 4.69) is 6.58 Å². The molecule has 1 unspecified atom stereocenters. The van der Waals surface area contributed by atoms with Gasteiger partial charge in [-0.3, -0.25) is 16.5 Å². The summed E-state index contributed by atoms with van der Waals surface area (Å²) in [5, 5.41) is 9.08. The minimum Gasteiger partial charge on any atom is -0.480 e. The third-order valence-corrected chi connectivity index (χ3v) is 1.03. The molecule has 0 aromatic rings. The van der Waals surface area contributed by atoms with Crippen LogP contribution in [0.3, 0.4) is 0 Å². The van der Waals surface area contributed by atoms with Gasteiger partial charge in [-0.05, 0) is 6.42 Å². The van der Waals surface area contributed by atoms with Crippen molar-refractivity contribution in [3.63, 3.8) is 0 Å². The molecular weight excluding hydrogens is 170 g/mol.